The van der Waals surface area contributed by atoms with Gasteiger partial charge in [0.15, 0.2) is 17.3 Å². The van der Waals surface area contributed by atoms with Crippen LogP contribution in [0.25, 0.3) is 5.69 Å². The Kier molecular flexibility index (Phi) is 3.41. The van der Waals surface area contributed by atoms with Crippen LogP contribution in [0, 0.1) is 11.6 Å². The minimum atomic E-state index is -0.937. The highest BCUT2D eigenvalue weighted by Gasteiger charge is 2.27. The Morgan fingerprint density at radius 1 is 1.12 bits per heavy atom. The summed E-state index contributed by atoms with van der Waals surface area (Å²) in [5.41, 5.74) is 5.19. The first-order chi connectivity index (χ1) is 11.6. The van der Waals surface area contributed by atoms with E-state index in [1.54, 1.807) is 29.2 Å². The number of rotatable bonds is 3. The number of aromatic nitrogens is 3. The molecule has 0 aliphatic heterocycles. The summed E-state index contributed by atoms with van der Waals surface area (Å²) >= 11 is 0. The number of hydrogen-bond donors (Lipinski definition) is 1. The molecule has 4 rings (SSSR count). The number of hydrogen-bond acceptors (Lipinski definition) is 2. The van der Waals surface area contributed by atoms with Crippen LogP contribution in [0.15, 0.2) is 42.7 Å². The van der Waals surface area contributed by atoms with E-state index in [-0.39, 0.29) is 5.91 Å². The molecule has 0 atom stereocenters. The summed E-state index contributed by atoms with van der Waals surface area (Å²) in [5, 5.41) is 4.36. The Hall–Kier alpha value is -2.96. The lowest BCUT2D eigenvalue weighted by Gasteiger charge is -2.06. The fourth-order valence-corrected chi connectivity index (χ4v) is 3.03. The molecular weight excluding hydrogens is 314 g/mol. The van der Waals surface area contributed by atoms with Crippen LogP contribution >= 0.6 is 0 Å². The maximum absolute atomic E-state index is 13.5. The highest BCUT2D eigenvalue weighted by Crippen LogP contribution is 2.28. The van der Waals surface area contributed by atoms with E-state index in [1.807, 2.05) is 0 Å². The van der Waals surface area contributed by atoms with Gasteiger partial charge in [0.2, 0.25) is 0 Å². The Balaban J connectivity index is 1.74. The molecule has 0 spiro atoms. The summed E-state index contributed by atoms with van der Waals surface area (Å²) in [6, 6.07) is 7.20. The first-order valence-electron chi connectivity index (χ1n) is 7.64. The van der Waals surface area contributed by atoms with Gasteiger partial charge < -0.3 is 0 Å². The average molecular weight is 328 g/mol. The van der Waals surface area contributed by atoms with Gasteiger partial charge in [0.1, 0.15) is 0 Å². The van der Waals surface area contributed by atoms with Gasteiger partial charge >= 0.3 is 0 Å². The zero-order chi connectivity index (χ0) is 16.7. The van der Waals surface area contributed by atoms with Crippen LogP contribution in [0.4, 0.5) is 8.78 Å². The molecular formula is C17H14F2N4O. The molecule has 24 heavy (non-hydrogen) atoms. The number of carbonyl (C=O) groups is 1. The van der Waals surface area contributed by atoms with Gasteiger partial charge in [0.25, 0.3) is 5.91 Å². The summed E-state index contributed by atoms with van der Waals surface area (Å²) in [4.78, 5) is 12.5. The molecule has 0 saturated carbocycles. The van der Waals surface area contributed by atoms with Gasteiger partial charge in [-0.15, -0.1) is 0 Å². The molecule has 0 saturated heterocycles. The van der Waals surface area contributed by atoms with E-state index in [4.69, 9.17) is 0 Å². The van der Waals surface area contributed by atoms with Crippen LogP contribution < -0.4 is 5.43 Å². The molecule has 7 heteroatoms. The molecule has 0 bridgehead atoms. The Bertz CT molecular complexity index is 915. The topological polar surface area (TPSA) is 51.9 Å². The highest BCUT2D eigenvalue weighted by atomic mass is 19.2. The minimum absolute atomic E-state index is 0.320. The summed E-state index contributed by atoms with van der Waals surface area (Å²) in [5.74, 6) is -2.17. The fourth-order valence-electron chi connectivity index (χ4n) is 3.03. The van der Waals surface area contributed by atoms with Crippen molar-refractivity contribution >= 4 is 5.91 Å². The van der Waals surface area contributed by atoms with Gasteiger partial charge in [-0.2, -0.15) is 5.10 Å². The van der Waals surface area contributed by atoms with Crippen LogP contribution in [0.2, 0.25) is 0 Å². The predicted octanol–water partition coefficient (Wildman–Crippen LogP) is 2.82. The maximum Gasteiger partial charge on any atom is 0.290 e. The van der Waals surface area contributed by atoms with E-state index in [1.165, 1.54) is 10.7 Å². The molecule has 1 aromatic carbocycles. The van der Waals surface area contributed by atoms with E-state index < -0.39 is 11.6 Å². The largest absolute Gasteiger partial charge is 0.290 e. The number of halogens is 2. The lowest BCUT2D eigenvalue weighted by molar-refractivity contribution is 0.100. The van der Waals surface area contributed by atoms with Gasteiger partial charge in [-0.25, -0.2) is 13.5 Å². The summed E-state index contributed by atoms with van der Waals surface area (Å²) in [6.07, 6.45) is 5.82. The van der Waals surface area contributed by atoms with Crippen molar-refractivity contribution in [1.82, 2.24) is 14.5 Å². The molecule has 2 heterocycles. The Labute approximate surface area is 136 Å². The number of fused-ring (bicyclic) bond motifs is 1. The van der Waals surface area contributed by atoms with Crippen molar-refractivity contribution < 1.29 is 13.6 Å². The SMILES string of the molecule is O=C(Nn1cccc1)c1nn(-c2ccc(F)c(F)c2)c2c1CCC2. The third-order valence-electron chi connectivity index (χ3n) is 4.13. The average Bonchev–Trinajstić information content (AvgIpc) is 3.26. The second-order valence-corrected chi connectivity index (χ2v) is 5.67. The summed E-state index contributed by atoms with van der Waals surface area (Å²) in [6.45, 7) is 0. The number of nitrogens with one attached hydrogen (secondary N) is 1. The summed E-state index contributed by atoms with van der Waals surface area (Å²) < 4.78 is 29.8. The van der Waals surface area contributed by atoms with Crippen molar-refractivity contribution in [2.24, 2.45) is 0 Å². The monoisotopic (exact) mass is 328 g/mol. The third-order valence-corrected chi connectivity index (χ3v) is 4.13. The first kappa shape index (κ1) is 14.6. The first-order valence-corrected chi connectivity index (χ1v) is 7.64. The number of nitrogens with zero attached hydrogens (tertiary/aromatic N) is 3. The molecule has 5 nitrogen and oxygen atoms in total. The zero-order valence-corrected chi connectivity index (χ0v) is 12.7. The second-order valence-electron chi connectivity index (χ2n) is 5.67. The van der Waals surface area contributed by atoms with Crippen molar-refractivity contribution in [2.45, 2.75) is 19.3 Å². The molecule has 1 aliphatic carbocycles. The van der Waals surface area contributed by atoms with E-state index >= 15 is 0 Å². The van der Waals surface area contributed by atoms with Gasteiger partial charge in [-0.3, -0.25) is 14.9 Å². The van der Waals surface area contributed by atoms with Crippen LogP contribution in [0.1, 0.15) is 28.2 Å². The lowest BCUT2D eigenvalue weighted by Crippen LogP contribution is -2.23. The zero-order valence-electron chi connectivity index (χ0n) is 12.7. The van der Waals surface area contributed by atoms with Crippen LogP contribution in [-0.2, 0) is 12.8 Å². The number of amides is 1. The van der Waals surface area contributed by atoms with E-state index in [9.17, 15) is 13.6 Å². The standard InChI is InChI=1S/C17H14F2N4O/c18-13-7-6-11(10-14(13)19)23-15-5-3-4-12(15)16(20-23)17(24)21-22-8-1-2-9-22/h1-2,6-10H,3-5H2,(H,21,24). The molecule has 3 aromatic rings. The van der Waals surface area contributed by atoms with Crippen LogP contribution in [0.3, 0.4) is 0 Å². The van der Waals surface area contributed by atoms with Crippen LogP contribution in [-0.4, -0.2) is 20.4 Å². The molecule has 0 fully saturated rings. The molecule has 2 aromatic heterocycles. The second kappa shape index (κ2) is 5.59. The normalized spacial score (nSPS) is 13.1. The molecule has 0 radical (unpaired) electrons. The highest BCUT2D eigenvalue weighted by molar-refractivity contribution is 6.00. The van der Waals surface area contributed by atoms with Crippen molar-refractivity contribution in [3.63, 3.8) is 0 Å². The number of benzene rings is 1. The van der Waals surface area contributed by atoms with Crippen molar-refractivity contribution in [1.29, 1.82) is 0 Å². The molecule has 0 unspecified atom stereocenters. The molecule has 1 N–H and O–H groups in total. The summed E-state index contributed by atoms with van der Waals surface area (Å²) in [7, 11) is 0. The predicted molar refractivity (Wildman–Crippen MR) is 83.6 cm³/mol. The van der Waals surface area contributed by atoms with Crippen molar-refractivity contribution in [3.8, 4) is 5.69 Å². The Morgan fingerprint density at radius 2 is 1.92 bits per heavy atom. The van der Waals surface area contributed by atoms with Crippen LogP contribution in [0.5, 0.6) is 0 Å². The molecule has 1 amide bonds. The van der Waals surface area contributed by atoms with E-state index in [2.05, 4.69) is 10.5 Å². The fraction of sp³-hybridized carbons (Fsp3) is 0.176. The minimum Gasteiger partial charge on any atom is -0.268 e. The maximum atomic E-state index is 13.5. The van der Waals surface area contributed by atoms with Crippen molar-refractivity contribution in [2.75, 3.05) is 5.43 Å². The number of carbonyl (C=O) groups excluding carboxylic acids is 1. The van der Waals surface area contributed by atoms with Crippen molar-refractivity contribution in [3.05, 3.63) is 71.3 Å². The lowest BCUT2D eigenvalue weighted by atomic mass is 10.2. The molecule has 1 aliphatic rings. The van der Waals surface area contributed by atoms with Gasteiger partial charge in [-0.05, 0) is 43.5 Å². The van der Waals surface area contributed by atoms with Gasteiger partial charge in [0, 0.05) is 29.7 Å². The third kappa shape index (κ3) is 2.38. The van der Waals surface area contributed by atoms with E-state index in [0.717, 1.165) is 42.7 Å². The Morgan fingerprint density at radius 3 is 2.67 bits per heavy atom. The smallest absolute Gasteiger partial charge is 0.268 e. The quantitative estimate of drug-likeness (QED) is 0.804. The van der Waals surface area contributed by atoms with Gasteiger partial charge in [0.05, 0.1) is 5.69 Å². The van der Waals surface area contributed by atoms with E-state index in [0.29, 0.717) is 11.4 Å². The molecule has 122 valence electrons. The van der Waals surface area contributed by atoms with Gasteiger partial charge in [-0.1, -0.05) is 0 Å².